The van der Waals surface area contributed by atoms with Crippen molar-refractivity contribution in [3.63, 3.8) is 0 Å². The molecule has 25 heavy (non-hydrogen) atoms. The van der Waals surface area contributed by atoms with Crippen molar-refractivity contribution in [3.8, 4) is 11.5 Å². The molecule has 1 fully saturated rings. The van der Waals surface area contributed by atoms with Gasteiger partial charge in [0, 0.05) is 5.56 Å². The average Bonchev–Trinajstić information content (AvgIpc) is 3.16. The minimum atomic E-state index is -0.514. The molecule has 128 valence electrons. The fraction of sp³-hybridized carbons (Fsp3) is 0.222. The maximum atomic E-state index is 13.8. The number of ether oxygens (including phenoxy) is 2. The minimum absolute atomic E-state index is 0.0466. The standard InChI is InChI=1S/C18H14FNO4S/c19-13-4-2-1-3-12(13)9-20-17(21)16(25-18(20)22)8-11-5-6-14-15(7-11)24-10-23-14/h1-7,16H,8-10H2/t16-/m1/s1. The van der Waals surface area contributed by atoms with Crippen LogP contribution in [0.5, 0.6) is 11.5 Å². The second kappa shape index (κ2) is 6.40. The van der Waals surface area contributed by atoms with Crippen LogP contribution >= 0.6 is 11.8 Å². The Hall–Kier alpha value is -2.54. The summed E-state index contributed by atoms with van der Waals surface area (Å²) in [5.74, 6) is 0.595. The van der Waals surface area contributed by atoms with E-state index in [2.05, 4.69) is 0 Å². The number of nitrogens with zero attached hydrogens (tertiary/aromatic N) is 1. The van der Waals surface area contributed by atoms with Crippen molar-refractivity contribution >= 4 is 22.9 Å². The number of carbonyl (C=O) groups is 2. The van der Waals surface area contributed by atoms with Gasteiger partial charge in [-0.3, -0.25) is 14.5 Å². The Balaban J connectivity index is 1.48. The zero-order chi connectivity index (χ0) is 17.4. The normalized spacial score (nSPS) is 18.9. The first-order valence-corrected chi connectivity index (χ1v) is 8.64. The van der Waals surface area contributed by atoms with Gasteiger partial charge in [-0.25, -0.2) is 4.39 Å². The smallest absolute Gasteiger partial charge is 0.289 e. The van der Waals surface area contributed by atoms with Gasteiger partial charge in [0.1, 0.15) is 5.82 Å². The van der Waals surface area contributed by atoms with Crippen molar-refractivity contribution < 1.29 is 23.5 Å². The van der Waals surface area contributed by atoms with E-state index < -0.39 is 11.1 Å². The third-order valence-electron chi connectivity index (χ3n) is 4.15. The number of hydrogen-bond donors (Lipinski definition) is 0. The quantitative estimate of drug-likeness (QED) is 0.838. The summed E-state index contributed by atoms with van der Waals surface area (Å²) in [5, 5.41) is -0.862. The molecule has 0 radical (unpaired) electrons. The van der Waals surface area contributed by atoms with Gasteiger partial charge < -0.3 is 9.47 Å². The first-order valence-electron chi connectivity index (χ1n) is 7.76. The molecule has 0 aliphatic carbocycles. The molecule has 0 spiro atoms. The number of halogens is 1. The van der Waals surface area contributed by atoms with E-state index in [0.29, 0.717) is 23.5 Å². The molecule has 1 atom stereocenters. The topological polar surface area (TPSA) is 55.8 Å². The lowest BCUT2D eigenvalue weighted by Gasteiger charge is -2.14. The summed E-state index contributed by atoms with van der Waals surface area (Å²) in [6.45, 7) is 0.139. The summed E-state index contributed by atoms with van der Waals surface area (Å²) in [6, 6.07) is 11.6. The average molecular weight is 359 g/mol. The summed E-state index contributed by atoms with van der Waals surface area (Å²) in [7, 11) is 0. The summed E-state index contributed by atoms with van der Waals surface area (Å²) in [6.07, 6.45) is 0.402. The van der Waals surface area contributed by atoms with Crippen LogP contribution in [0.3, 0.4) is 0 Å². The molecular weight excluding hydrogens is 345 g/mol. The van der Waals surface area contributed by atoms with E-state index in [1.54, 1.807) is 24.3 Å². The highest BCUT2D eigenvalue weighted by molar-refractivity contribution is 8.15. The molecule has 0 bridgehead atoms. The highest BCUT2D eigenvalue weighted by Gasteiger charge is 2.39. The molecule has 1 saturated heterocycles. The van der Waals surface area contributed by atoms with Crippen LogP contribution in [-0.4, -0.2) is 28.1 Å². The molecule has 2 amide bonds. The third kappa shape index (κ3) is 3.07. The van der Waals surface area contributed by atoms with E-state index in [0.717, 1.165) is 22.2 Å². The van der Waals surface area contributed by atoms with Gasteiger partial charge in [0.15, 0.2) is 11.5 Å². The molecule has 2 aromatic rings. The Morgan fingerprint density at radius 1 is 1.12 bits per heavy atom. The van der Waals surface area contributed by atoms with Crippen LogP contribution < -0.4 is 9.47 Å². The molecule has 0 N–H and O–H groups in total. The molecule has 5 nitrogen and oxygen atoms in total. The molecular formula is C18H14FNO4S. The van der Waals surface area contributed by atoms with E-state index in [1.165, 1.54) is 6.07 Å². The monoisotopic (exact) mass is 359 g/mol. The lowest BCUT2D eigenvalue weighted by molar-refractivity contribution is -0.127. The molecule has 4 rings (SSSR count). The van der Waals surface area contributed by atoms with Crippen molar-refractivity contribution in [1.29, 1.82) is 0 Å². The SMILES string of the molecule is O=C1S[C@H](Cc2ccc3c(c2)OCO3)C(=O)N1Cc1ccccc1F. The Morgan fingerprint density at radius 2 is 1.92 bits per heavy atom. The minimum Gasteiger partial charge on any atom is -0.454 e. The van der Waals surface area contributed by atoms with E-state index in [-0.39, 0.29) is 24.5 Å². The number of hydrogen-bond acceptors (Lipinski definition) is 5. The number of amides is 2. The van der Waals surface area contributed by atoms with Crippen LogP contribution in [-0.2, 0) is 17.8 Å². The Morgan fingerprint density at radius 3 is 2.76 bits per heavy atom. The van der Waals surface area contributed by atoms with Crippen LogP contribution in [0, 0.1) is 5.82 Å². The molecule has 7 heteroatoms. The largest absolute Gasteiger partial charge is 0.454 e. The van der Waals surface area contributed by atoms with Crippen LogP contribution in [0.15, 0.2) is 42.5 Å². The summed E-state index contributed by atoms with van der Waals surface area (Å²) >= 11 is 0.978. The fourth-order valence-corrected chi connectivity index (χ4v) is 3.88. The predicted octanol–water partition coefficient (Wildman–Crippen LogP) is 3.36. The maximum Gasteiger partial charge on any atom is 0.289 e. The molecule has 2 aliphatic heterocycles. The van der Waals surface area contributed by atoms with Crippen LogP contribution in [0.2, 0.25) is 0 Å². The zero-order valence-electron chi connectivity index (χ0n) is 13.1. The molecule has 2 aromatic carbocycles. The Kier molecular flexibility index (Phi) is 4.09. The zero-order valence-corrected chi connectivity index (χ0v) is 13.9. The molecule has 2 aliphatic rings. The van der Waals surface area contributed by atoms with Gasteiger partial charge in [0.2, 0.25) is 12.7 Å². The van der Waals surface area contributed by atoms with E-state index in [4.69, 9.17) is 9.47 Å². The van der Waals surface area contributed by atoms with E-state index in [1.807, 2.05) is 12.1 Å². The van der Waals surface area contributed by atoms with Crippen molar-refractivity contribution in [2.45, 2.75) is 18.2 Å². The highest BCUT2D eigenvalue weighted by Crippen LogP contribution is 2.35. The number of benzene rings is 2. The summed E-state index contributed by atoms with van der Waals surface area (Å²) < 4.78 is 24.4. The number of imide groups is 1. The number of carbonyl (C=O) groups excluding carboxylic acids is 2. The van der Waals surface area contributed by atoms with Crippen molar-refractivity contribution in [2.75, 3.05) is 6.79 Å². The van der Waals surface area contributed by atoms with E-state index >= 15 is 0 Å². The Labute approximate surface area is 147 Å². The second-order valence-corrected chi connectivity index (χ2v) is 6.93. The Bertz CT molecular complexity index is 857. The van der Waals surface area contributed by atoms with Gasteiger partial charge >= 0.3 is 0 Å². The van der Waals surface area contributed by atoms with Gasteiger partial charge in [0.25, 0.3) is 5.24 Å². The predicted molar refractivity (Wildman–Crippen MR) is 90.0 cm³/mol. The van der Waals surface area contributed by atoms with E-state index in [9.17, 15) is 14.0 Å². The number of fused-ring (bicyclic) bond motifs is 1. The van der Waals surface area contributed by atoms with Gasteiger partial charge in [-0.2, -0.15) is 0 Å². The van der Waals surface area contributed by atoms with Gasteiger partial charge in [-0.1, -0.05) is 36.0 Å². The van der Waals surface area contributed by atoms with Gasteiger partial charge in [-0.05, 0) is 30.2 Å². The van der Waals surface area contributed by atoms with Crippen molar-refractivity contribution in [2.24, 2.45) is 0 Å². The number of thioether (sulfide) groups is 1. The lowest BCUT2D eigenvalue weighted by Crippen LogP contribution is -2.32. The molecule has 0 saturated carbocycles. The summed E-state index contributed by atoms with van der Waals surface area (Å²) in [4.78, 5) is 25.9. The highest BCUT2D eigenvalue weighted by atomic mass is 32.2. The first-order chi connectivity index (χ1) is 12.1. The van der Waals surface area contributed by atoms with Gasteiger partial charge in [0.05, 0.1) is 11.8 Å². The second-order valence-electron chi connectivity index (χ2n) is 5.78. The lowest BCUT2D eigenvalue weighted by atomic mass is 10.1. The van der Waals surface area contributed by atoms with Crippen LogP contribution in [0.4, 0.5) is 9.18 Å². The molecule has 2 heterocycles. The number of rotatable bonds is 4. The van der Waals surface area contributed by atoms with Crippen molar-refractivity contribution in [1.82, 2.24) is 4.90 Å². The molecule has 0 unspecified atom stereocenters. The van der Waals surface area contributed by atoms with Crippen LogP contribution in [0.1, 0.15) is 11.1 Å². The van der Waals surface area contributed by atoms with Crippen LogP contribution in [0.25, 0.3) is 0 Å². The fourth-order valence-electron chi connectivity index (χ4n) is 2.85. The van der Waals surface area contributed by atoms with Gasteiger partial charge in [-0.15, -0.1) is 0 Å². The summed E-state index contributed by atoms with van der Waals surface area (Å²) in [5.41, 5.74) is 1.21. The maximum absolute atomic E-state index is 13.8. The van der Waals surface area contributed by atoms with Crippen molar-refractivity contribution in [3.05, 3.63) is 59.4 Å². The first kappa shape index (κ1) is 16.0. The third-order valence-corrected chi connectivity index (χ3v) is 5.22. The molecule has 0 aromatic heterocycles.